The second-order valence-corrected chi connectivity index (χ2v) is 10.8. The minimum Gasteiger partial charge on any atom is -0.382 e. The van der Waals surface area contributed by atoms with Gasteiger partial charge in [0.1, 0.15) is 5.69 Å². The Balaban J connectivity index is 1.33. The van der Waals surface area contributed by atoms with Crippen LogP contribution in [-0.2, 0) is 4.74 Å². The summed E-state index contributed by atoms with van der Waals surface area (Å²) in [6, 6.07) is -0.0413. The first-order valence-corrected chi connectivity index (χ1v) is 13.1. The van der Waals surface area contributed by atoms with Gasteiger partial charge in [-0.1, -0.05) is 5.16 Å². The first-order chi connectivity index (χ1) is 18.7. The number of alkyl halides is 2. The molecule has 2 atom stereocenters. The van der Waals surface area contributed by atoms with Gasteiger partial charge in [0.2, 0.25) is 0 Å². The molecule has 3 amide bonds. The highest BCUT2D eigenvalue weighted by Crippen LogP contribution is 2.54. The number of carbonyl (C=O) groups is 2. The van der Waals surface area contributed by atoms with Crippen molar-refractivity contribution in [2.45, 2.75) is 50.6 Å². The molecule has 6 rings (SSSR count). The predicted octanol–water partition coefficient (Wildman–Crippen LogP) is 2.68. The molecule has 3 aromatic heterocycles. The monoisotopic (exact) mass is 544 g/mol. The molecule has 2 unspecified atom stereocenters. The van der Waals surface area contributed by atoms with Gasteiger partial charge in [0.25, 0.3) is 11.8 Å². The van der Waals surface area contributed by atoms with E-state index in [-0.39, 0.29) is 30.2 Å². The van der Waals surface area contributed by atoms with Crippen molar-refractivity contribution in [2.24, 2.45) is 17.8 Å². The van der Waals surface area contributed by atoms with Crippen molar-refractivity contribution in [1.82, 2.24) is 40.4 Å². The highest BCUT2D eigenvalue weighted by Gasteiger charge is 2.47. The maximum atomic E-state index is 14.2. The van der Waals surface area contributed by atoms with Gasteiger partial charge in [-0.15, -0.1) is 0 Å². The summed E-state index contributed by atoms with van der Waals surface area (Å²) in [5, 5.41) is 17.3. The number of fused-ring (bicyclic) bond motifs is 1. The minimum atomic E-state index is -3.07. The van der Waals surface area contributed by atoms with Crippen molar-refractivity contribution in [3.8, 4) is 0 Å². The molecule has 12 nitrogen and oxygen atoms in total. The zero-order valence-electron chi connectivity index (χ0n) is 21.6. The highest BCUT2D eigenvalue weighted by atomic mass is 19.3. The maximum Gasteiger partial charge on any atom is 0.318 e. The molecular weight excluding hydrogens is 514 g/mol. The number of ether oxygens (including phenoxy) is 1. The quantitative estimate of drug-likeness (QED) is 0.397. The third-order valence-electron chi connectivity index (χ3n) is 7.80. The number of rotatable bonds is 10. The number of methoxy groups -OCH3 is 1. The second kappa shape index (κ2) is 9.81. The summed E-state index contributed by atoms with van der Waals surface area (Å²) in [6.07, 6.45) is 7.73. The molecule has 0 aromatic carbocycles. The largest absolute Gasteiger partial charge is 0.382 e. The molecule has 2 N–H and O–H groups in total. The van der Waals surface area contributed by atoms with Gasteiger partial charge in [-0.05, 0) is 61.6 Å². The molecular formula is C25H30F2N8O4. The Morgan fingerprint density at radius 2 is 2.03 bits per heavy atom. The molecule has 208 valence electrons. The number of nitrogens with zero attached hydrogens (tertiary/aromatic N) is 6. The van der Waals surface area contributed by atoms with Gasteiger partial charge in [-0.3, -0.25) is 4.79 Å². The van der Waals surface area contributed by atoms with E-state index >= 15 is 0 Å². The van der Waals surface area contributed by atoms with E-state index in [0.29, 0.717) is 34.4 Å². The average molecular weight is 545 g/mol. The number of imidazole rings is 1. The third kappa shape index (κ3) is 5.16. The van der Waals surface area contributed by atoms with Crippen LogP contribution in [0.4, 0.5) is 13.6 Å². The van der Waals surface area contributed by atoms with Crippen LogP contribution in [0, 0.1) is 24.7 Å². The second-order valence-electron chi connectivity index (χ2n) is 10.8. The number of nitrogens with one attached hydrogen (secondary N) is 2. The molecule has 3 aromatic rings. The topological polar surface area (TPSA) is 140 Å². The number of halogens is 2. The fraction of sp³-hybridized carbons (Fsp3) is 0.600. The summed E-state index contributed by atoms with van der Waals surface area (Å²) < 4.78 is 39.9. The van der Waals surface area contributed by atoms with E-state index in [9.17, 15) is 18.4 Å². The van der Waals surface area contributed by atoms with Crippen molar-refractivity contribution in [2.75, 3.05) is 26.8 Å². The Kier molecular flexibility index (Phi) is 6.44. The van der Waals surface area contributed by atoms with E-state index in [1.54, 1.807) is 23.7 Å². The molecule has 2 aliphatic carbocycles. The smallest absolute Gasteiger partial charge is 0.318 e. The SMILES string of the molecule is COCC(c1cnn2cc(C(NC(=O)c3nonc3C)C(C3CC3)C3CC3)nc2c1)N1CC(F)(F)CNC1=O. The summed E-state index contributed by atoms with van der Waals surface area (Å²) in [6.45, 7) is 0.227. The Labute approximate surface area is 222 Å². The zero-order chi connectivity index (χ0) is 27.3. The fourth-order valence-corrected chi connectivity index (χ4v) is 5.61. The van der Waals surface area contributed by atoms with E-state index in [1.807, 2.05) is 0 Å². The number of carbonyl (C=O) groups excluding carboxylic acids is 2. The van der Waals surface area contributed by atoms with Gasteiger partial charge in [0, 0.05) is 12.7 Å². The van der Waals surface area contributed by atoms with Gasteiger partial charge in [0.05, 0.1) is 49.9 Å². The molecule has 2 saturated carbocycles. The summed E-state index contributed by atoms with van der Waals surface area (Å²) in [5.74, 6) is -2.23. The molecule has 0 radical (unpaired) electrons. The molecule has 1 saturated heterocycles. The number of aryl methyl sites for hydroxylation is 1. The Morgan fingerprint density at radius 3 is 2.67 bits per heavy atom. The van der Waals surface area contributed by atoms with E-state index in [1.165, 1.54) is 13.3 Å². The molecule has 14 heteroatoms. The lowest BCUT2D eigenvalue weighted by Gasteiger charge is -2.38. The summed E-state index contributed by atoms with van der Waals surface area (Å²) in [4.78, 5) is 31.5. The molecule has 4 heterocycles. The molecule has 0 spiro atoms. The number of hydrogen-bond donors (Lipinski definition) is 2. The molecule has 3 fully saturated rings. The van der Waals surface area contributed by atoms with Gasteiger partial charge in [-0.25, -0.2) is 27.7 Å². The third-order valence-corrected chi connectivity index (χ3v) is 7.80. The molecule has 39 heavy (non-hydrogen) atoms. The number of urea groups is 1. The van der Waals surface area contributed by atoms with Crippen LogP contribution < -0.4 is 10.6 Å². The summed E-state index contributed by atoms with van der Waals surface area (Å²) in [5.41, 5.74) is 2.17. The van der Waals surface area contributed by atoms with E-state index in [4.69, 9.17) is 14.3 Å². The van der Waals surface area contributed by atoms with Crippen LogP contribution in [0.2, 0.25) is 0 Å². The van der Waals surface area contributed by atoms with Crippen molar-refractivity contribution in [1.29, 1.82) is 0 Å². The van der Waals surface area contributed by atoms with E-state index in [0.717, 1.165) is 30.6 Å². The molecule has 0 bridgehead atoms. The van der Waals surface area contributed by atoms with Crippen LogP contribution in [0.5, 0.6) is 0 Å². The number of amides is 3. The predicted molar refractivity (Wildman–Crippen MR) is 131 cm³/mol. The lowest BCUT2D eigenvalue weighted by molar-refractivity contribution is -0.0509. The number of hydrogen-bond acceptors (Lipinski definition) is 8. The van der Waals surface area contributed by atoms with Crippen LogP contribution in [0.25, 0.3) is 5.65 Å². The van der Waals surface area contributed by atoms with Crippen molar-refractivity contribution in [3.63, 3.8) is 0 Å². The van der Waals surface area contributed by atoms with Crippen molar-refractivity contribution in [3.05, 3.63) is 41.1 Å². The van der Waals surface area contributed by atoms with Gasteiger partial charge in [0.15, 0.2) is 11.3 Å². The average Bonchev–Trinajstić information content (AvgIpc) is 3.83. The first-order valence-electron chi connectivity index (χ1n) is 13.1. The van der Waals surface area contributed by atoms with Crippen molar-refractivity contribution >= 4 is 17.6 Å². The Morgan fingerprint density at radius 1 is 1.28 bits per heavy atom. The normalized spacial score (nSPS) is 20.7. The lowest BCUT2D eigenvalue weighted by atomic mass is 9.87. The fourth-order valence-electron chi connectivity index (χ4n) is 5.61. The Bertz CT molecular complexity index is 1370. The van der Waals surface area contributed by atoms with Crippen LogP contribution in [0.1, 0.15) is 65.2 Å². The standard InChI is InChI=1S/C25H30F2N8O4/c1-13-21(33-39-32-13)23(36)31-22(20(14-3-4-14)15-5-6-15)17-9-35-19(30-17)7-16(8-29-35)18(10-38-2)34-12-25(26,27)11-28-24(34)37/h7-9,14-15,18,20,22H,3-6,10-12H2,1-2H3,(H,28,37)(H,31,36). The highest BCUT2D eigenvalue weighted by molar-refractivity contribution is 5.93. The van der Waals surface area contributed by atoms with Gasteiger partial charge in [-0.2, -0.15) is 5.10 Å². The Hall–Kier alpha value is -3.68. The lowest BCUT2D eigenvalue weighted by Crippen LogP contribution is -2.58. The number of aromatic nitrogens is 5. The van der Waals surface area contributed by atoms with Gasteiger partial charge < -0.3 is 20.3 Å². The molecule has 3 aliphatic rings. The van der Waals surface area contributed by atoms with Gasteiger partial charge >= 0.3 is 6.03 Å². The van der Waals surface area contributed by atoms with Crippen LogP contribution in [0.15, 0.2) is 23.1 Å². The van der Waals surface area contributed by atoms with Crippen LogP contribution >= 0.6 is 0 Å². The summed E-state index contributed by atoms with van der Waals surface area (Å²) >= 11 is 0. The van der Waals surface area contributed by atoms with E-state index in [2.05, 4.69) is 26.0 Å². The molecule has 1 aliphatic heterocycles. The van der Waals surface area contributed by atoms with Crippen molar-refractivity contribution < 1.29 is 27.7 Å². The van der Waals surface area contributed by atoms with Crippen LogP contribution in [0.3, 0.4) is 0 Å². The first kappa shape index (κ1) is 25.6. The summed E-state index contributed by atoms with van der Waals surface area (Å²) in [7, 11) is 1.45. The minimum absolute atomic E-state index is 0.00409. The maximum absolute atomic E-state index is 14.2. The zero-order valence-corrected chi connectivity index (χ0v) is 21.6. The van der Waals surface area contributed by atoms with E-state index < -0.39 is 31.1 Å². The van der Waals surface area contributed by atoms with Crippen LogP contribution in [-0.4, -0.2) is 74.5 Å².